The van der Waals surface area contributed by atoms with Gasteiger partial charge in [-0.1, -0.05) is 19.8 Å². The van der Waals surface area contributed by atoms with Crippen molar-refractivity contribution in [3.8, 4) is 0 Å². The third kappa shape index (κ3) is 39.1. The molecule has 5 nitrogen and oxygen atoms in total. The second-order valence-electron chi connectivity index (χ2n) is 2.22. The van der Waals surface area contributed by atoms with Gasteiger partial charge in [-0.3, -0.25) is 0 Å². The van der Waals surface area contributed by atoms with Crippen LogP contribution >= 0.6 is 10.7 Å². The molecule has 0 aliphatic carbocycles. The van der Waals surface area contributed by atoms with Crippen LogP contribution in [0.3, 0.4) is 0 Å². The Hall–Kier alpha value is 0.510. The SMILES string of the molecule is CCCCCS(=O)(=O)Cl.O=C([O-])O.[Na+]. The van der Waals surface area contributed by atoms with Gasteiger partial charge in [-0.25, -0.2) is 8.42 Å². The number of carbonyl (C=O) groups is 1. The summed E-state index contributed by atoms with van der Waals surface area (Å²) < 4.78 is 20.5. The molecular weight excluding hydrogens is 243 g/mol. The zero-order chi connectivity index (χ0) is 10.9. The number of rotatable bonds is 4. The number of halogens is 1. The van der Waals surface area contributed by atoms with Gasteiger partial charge in [-0.15, -0.1) is 0 Å². The average molecular weight is 255 g/mol. The van der Waals surface area contributed by atoms with E-state index < -0.39 is 15.2 Å². The molecule has 0 aromatic carbocycles. The first-order chi connectivity index (χ1) is 5.79. The molecule has 0 saturated carbocycles. The second kappa shape index (κ2) is 11.6. The van der Waals surface area contributed by atoms with Gasteiger partial charge in [0.15, 0.2) is 0 Å². The van der Waals surface area contributed by atoms with E-state index in [0.29, 0.717) is 6.42 Å². The van der Waals surface area contributed by atoms with E-state index in [9.17, 15) is 8.42 Å². The summed E-state index contributed by atoms with van der Waals surface area (Å²) in [6.45, 7) is 2.01. The van der Waals surface area contributed by atoms with Crippen LogP contribution in [0.25, 0.3) is 0 Å². The molecule has 0 amide bonds. The van der Waals surface area contributed by atoms with Gasteiger partial charge in [-0.05, 0) is 6.42 Å². The first-order valence-electron chi connectivity index (χ1n) is 3.62. The molecule has 8 heteroatoms. The van der Waals surface area contributed by atoms with Crippen LogP contribution in [0.5, 0.6) is 0 Å². The van der Waals surface area contributed by atoms with Crippen molar-refractivity contribution in [1.82, 2.24) is 0 Å². The minimum atomic E-state index is -3.22. The van der Waals surface area contributed by atoms with Crippen LogP contribution in [0.4, 0.5) is 4.79 Å². The van der Waals surface area contributed by atoms with Crippen molar-refractivity contribution < 1.29 is 53.0 Å². The first kappa shape index (κ1) is 20.0. The molecular formula is C6H12ClNaO5S. The van der Waals surface area contributed by atoms with E-state index in [0.717, 1.165) is 12.8 Å². The summed E-state index contributed by atoms with van der Waals surface area (Å²) in [5.74, 6) is 0.113. The summed E-state index contributed by atoms with van der Waals surface area (Å²) in [5, 5.41) is 15.3. The Bertz CT molecular complexity index is 224. The Balaban J connectivity index is -0.000000209. The fraction of sp³-hybridized carbons (Fsp3) is 0.833. The minimum Gasteiger partial charge on any atom is -0.565 e. The topological polar surface area (TPSA) is 94.5 Å². The van der Waals surface area contributed by atoms with Crippen molar-refractivity contribution in [2.24, 2.45) is 0 Å². The standard InChI is InChI=1S/C5H11ClO2S.CH2O3.Na/c1-2-3-4-5-9(6,7)8;2-1(3)4;/h2-5H2,1H3;(H2,2,3,4);/q;;+1/p-1. The van der Waals surface area contributed by atoms with Crippen molar-refractivity contribution in [2.45, 2.75) is 26.2 Å². The molecule has 0 fully saturated rings. The molecule has 0 aromatic heterocycles. The molecule has 0 spiro atoms. The monoisotopic (exact) mass is 254 g/mol. The molecule has 0 heterocycles. The van der Waals surface area contributed by atoms with Crippen LogP contribution in [-0.4, -0.2) is 25.4 Å². The zero-order valence-electron chi connectivity index (χ0n) is 8.19. The Morgan fingerprint density at radius 2 is 1.79 bits per heavy atom. The predicted octanol–water partition coefficient (Wildman–Crippen LogP) is -2.36. The number of unbranched alkanes of at least 4 members (excludes halogenated alkanes) is 2. The Kier molecular flexibility index (Phi) is 16.5. The smallest absolute Gasteiger partial charge is 0.565 e. The van der Waals surface area contributed by atoms with Crippen LogP contribution in [0.1, 0.15) is 26.2 Å². The van der Waals surface area contributed by atoms with E-state index >= 15 is 0 Å². The summed E-state index contributed by atoms with van der Waals surface area (Å²) in [6.07, 6.45) is 0.556. The van der Waals surface area contributed by atoms with Crippen LogP contribution in [0.15, 0.2) is 0 Å². The molecule has 1 N–H and O–H groups in total. The molecule has 0 saturated heterocycles. The summed E-state index contributed by atoms with van der Waals surface area (Å²) in [6, 6.07) is 0. The van der Waals surface area contributed by atoms with E-state index in [4.69, 9.17) is 25.7 Å². The normalized spacial score (nSPS) is 9.29. The van der Waals surface area contributed by atoms with E-state index in [2.05, 4.69) is 0 Å². The zero-order valence-corrected chi connectivity index (χ0v) is 11.8. The van der Waals surface area contributed by atoms with Crippen LogP contribution in [0.2, 0.25) is 0 Å². The fourth-order valence-corrected chi connectivity index (χ4v) is 1.40. The van der Waals surface area contributed by atoms with Crippen molar-refractivity contribution in [2.75, 3.05) is 5.75 Å². The van der Waals surface area contributed by atoms with E-state index in [1.165, 1.54) is 0 Å². The maximum atomic E-state index is 10.3. The molecule has 0 aliphatic rings. The van der Waals surface area contributed by atoms with Crippen molar-refractivity contribution >= 4 is 25.9 Å². The van der Waals surface area contributed by atoms with Crippen LogP contribution in [-0.2, 0) is 9.05 Å². The molecule has 0 atom stereocenters. The number of carboxylic acid groups (broad SMARTS) is 2. The van der Waals surface area contributed by atoms with Gasteiger partial charge >= 0.3 is 29.6 Å². The predicted molar refractivity (Wildman–Crippen MR) is 47.2 cm³/mol. The van der Waals surface area contributed by atoms with Crippen molar-refractivity contribution in [3.63, 3.8) is 0 Å². The Labute approximate surface area is 110 Å². The maximum Gasteiger partial charge on any atom is 1.00 e. The molecule has 0 aliphatic heterocycles. The molecule has 0 rings (SSSR count). The minimum absolute atomic E-state index is 0. The molecule has 0 unspecified atom stereocenters. The van der Waals surface area contributed by atoms with Crippen LogP contribution < -0.4 is 34.7 Å². The van der Waals surface area contributed by atoms with Gasteiger partial charge in [0.05, 0.1) is 5.75 Å². The second-order valence-corrected chi connectivity index (χ2v) is 5.11. The van der Waals surface area contributed by atoms with E-state index in [1.54, 1.807) is 0 Å². The molecule has 0 bridgehead atoms. The third-order valence-corrected chi connectivity index (χ3v) is 2.23. The number of hydrogen-bond donors (Lipinski definition) is 1. The summed E-state index contributed by atoms with van der Waals surface area (Å²) in [7, 11) is 1.72. The van der Waals surface area contributed by atoms with Gasteiger partial charge < -0.3 is 15.0 Å². The molecule has 14 heavy (non-hydrogen) atoms. The molecule has 0 aromatic rings. The summed E-state index contributed by atoms with van der Waals surface area (Å²) in [4.78, 5) is 8.44. The number of hydrogen-bond acceptors (Lipinski definition) is 4. The van der Waals surface area contributed by atoms with E-state index in [-0.39, 0.29) is 35.3 Å². The Morgan fingerprint density at radius 1 is 1.43 bits per heavy atom. The maximum absolute atomic E-state index is 10.3. The van der Waals surface area contributed by atoms with Crippen molar-refractivity contribution in [1.29, 1.82) is 0 Å². The van der Waals surface area contributed by atoms with Gasteiger partial charge in [-0.2, -0.15) is 0 Å². The first-order valence-corrected chi connectivity index (χ1v) is 6.09. The van der Waals surface area contributed by atoms with Gasteiger partial charge in [0.1, 0.15) is 0 Å². The third-order valence-electron chi connectivity index (χ3n) is 0.992. The molecule has 80 valence electrons. The molecule has 0 radical (unpaired) electrons. The van der Waals surface area contributed by atoms with Gasteiger partial charge in [0, 0.05) is 10.7 Å². The summed E-state index contributed by atoms with van der Waals surface area (Å²) in [5.41, 5.74) is 0. The fourth-order valence-electron chi connectivity index (χ4n) is 0.524. The summed E-state index contributed by atoms with van der Waals surface area (Å²) >= 11 is 0. The largest absolute Gasteiger partial charge is 1.00 e. The Morgan fingerprint density at radius 3 is 2.00 bits per heavy atom. The van der Waals surface area contributed by atoms with Gasteiger partial charge in [0.2, 0.25) is 15.2 Å². The van der Waals surface area contributed by atoms with E-state index in [1.807, 2.05) is 6.92 Å². The van der Waals surface area contributed by atoms with Gasteiger partial charge in [0.25, 0.3) is 0 Å². The average Bonchev–Trinajstić information content (AvgIpc) is 1.83. The quantitative estimate of drug-likeness (QED) is 0.344. The van der Waals surface area contributed by atoms with Crippen molar-refractivity contribution in [3.05, 3.63) is 0 Å². The van der Waals surface area contributed by atoms with Crippen LogP contribution in [0, 0.1) is 0 Å².